The quantitative estimate of drug-likeness (QED) is 0.738. The van der Waals surface area contributed by atoms with Gasteiger partial charge in [-0.05, 0) is 37.7 Å². The molecule has 0 bridgehead atoms. The summed E-state index contributed by atoms with van der Waals surface area (Å²) < 4.78 is 6.46. The summed E-state index contributed by atoms with van der Waals surface area (Å²) in [7, 11) is 0. The minimum Gasteiger partial charge on any atom is -0.448 e. The standard InChI is InChI=1S/C12H18N2O2/c1-2-3-8-16-12(15)14-9-10-6-4-5-7-11(10)13-14/h9H,2-8H2,1H3. The second-order valence-corrected chi connectivity index (χ2v) is 4.22. The summed E-state index contributed by atoms with van der Waals surface area (Å²) >= 11 is 0. The number of hydrogen-bond acceptors (Lipinski definition) is 3. The van der Waals surface area contributed by atoms with Crippen molar-refractivity contribution in [1.82, 2.24) is 9.78 Å². The molecular weight excluding hydrogens is 204 g/mol. The predicted molar refractivity (Wildman–Crippen MR) is 60.5 cm³/mol. The molecule has 1 heterocycles. The van der Waals surface area contributed by atoms with Crippen LogP contribution in [0.3, 0.4) is 0 Å². The van der Waals surface area contributed by atoms with Gasteiger partial charge in [0.05, 0.1) is 12.3 Å². The second kappa shape index (κ2) is 5.14. The average molecular weight is 222 g/mol. The third-order valence-corrected chi connectivity index (χ3v) is 2.90. The maximum atomic E-state index is 11.6. The van der Waals surface area contributed by atoms with Gasteiger partial charge >= 0.3 is 6.09 Å². The molecule has 0 amide bonds. The Hall–Kier alpha value is -1.32. The molecule has 4 nitrogen and oxygen atoms in total. The molecule has 88 valence electrons. The lowest BCUT2D eigenvalue weighted by molar-refractivity contribution is 0.142. The smallest absolute Gasteiger partial charge is 0.434 e. The van der Waals surface area contributed by atoms with Gasteiger partial charge in [0.25, 0.3) is 0 Å². The molecule has 1 aliphatic rings. The van der Waals surface area contributed by atoms with Crippen LogP contribution in [0.2, 0.25) is 0 Å². The van der Waals surface area contributed by atoms with E-state index in [1.165, 1.54) is 23.1 Å². The number of carbonyl (C=O) groups is 1. The molecule has 4 heteroatoms. The highest BCUT2D eigenvalue weighted by Crippen LogP contribution is 2.19. The molecule has 0 unspecified atom stereocenters. The van der Waals surface area contributed by atoms with Gasteiger partial charge in [-0.3, -0.25) is 0 Å². The Morgan fingerprint density at radius 1 is 1.50 bits per heavy atom. The molecule has 16 heavy (non-hydrogen) atoms. The van der Waals surface area contributed by atoms with Crippen molar-refractivity contribution in [2.24, 2.45) is 0 Å². The highest BCUT2D eigenvalue weighted by atomic mass is 16.6. The number of fused-ring (bicyclic) bond motifs is 1. The van der Waals surface area contributed by atoms with Gasteiger partial charge < -0.3 is 4.74 Å². The summed E-state index contributed by atoms with van der Waals surface area (Å²) in [6.45, 7) is 2.56. The average Bonchev–Trinajstić information content (AvgIpc) is 2.73. The molecule has 0 spiro atoms. The molecule has 0 N–H and O–H groups in total. The Balaban J connectivity index is 1.98. The van der Waals surface area contributed by atoms with Crippen LogP contribution in [0.4, 0.5) is 4.79 Å². The van der Waals surface area contributed by atoms with Crippen LogP contribution in [-0.2, 0) is 17.6 Å². The molecule has 0 aliphatic heterocycles. The van der Waals surface area contributed by atoms with E-state index in [0.29, 0.717) is 6.61 Å². The summed E-state index contributed by atoms with van der Waals surface area (Å²) in [4.78, 5) is 11.6. The lowest BCUT2D eigenvalue weighted by atomic mass is 9.99. The zero-order valence-electron chi connectivity index (χ0n) is 9.74. The maximum absolute atomic E-state index is 11.6. The topological polar surface area (TPSA) is 44.1 Å². The van der Waals surface area contributed by atoms with E-state index in [0.717, 1.165) is 31.4 Å². The van der Waals surface area contributed by atoms with Crippen LogP contribution < -0.4 is 0 Å². The largest absolute Gasteiger partial charge is 0.448 e. The molecule has 0 radical (unpaired) electrons. The zero-order valence-corrected chi connectivity index (χ0v) is 9.74. The van der Waals surface area contributed by atoms with Gasteiger partial charge in [0.1, 0.15) is 0 Å². The molecule has 0 aromatic carbocycles. The van der Waals surface area contributed by atoms with Gasteiger partial charge in [-0.25, -0.2) is 4.79 Å². The highest BCUT2D eigenvalue weighted by molar-refractivity contribution is 5.69. The van der Waals surface area contributed by atoms with E-state index in [-0.39, 0.29) is 6.09 Å². The predicted octanol–water partition coefficient (Wildman–Crippen LogP) is 2.55. The van der Waals surface area contributed by atoms with Crippen molar-refractivity contribution < 1.29 is 9.53 Å². The molecule has 1 aromatic heterocycles. The molecule has 2 rings (SSSR count). The molecule has 0 atom stereocenters. The highest BCUT2D eigenvalue weighted by Gasteiger charge is 2.16. The normalized spacial score (nSPS) is 14.6. The zero-order chi connectivity index (χ0) is 11.4. The Morgan fingerprint density at radius 3 is 3.06 bits per heavy atom. The third-order valence-electron chi connectivity index (χ3n) is 2.90. The van der Waals surface area contributed by atoms with Crippen molar-refractivity contribution in [1.29, 1.82) is 0 Å². The van der Waals surface area contributed by atoms with Crippen LogP contribution in [0.25, 0.3) is 0 Å². The Labute approximate surface area is 95.6 Å². The second-order valence-electron chi connectivity index (χ2n) is 4.22. The number of aryl methyl sites for hydroxylation is 2. The number of ether oxygens (including phenoxy) is 1. The van der Waals surface area contributed by atoms with Crippen molar-refractivity contribution in [3.8, 4) is 0 Å². The van der Waals surface area contributed by atoms with E-state index in [1.54, 1.807) is 0 Å². The summed E-state index contributed by atoms with van der Waals surface area (Å²) in [5, 5.41) is 4.27. The van der Waals surface area contributed by atoms with Gasteiger partial charge in [0, 0.05) is 6.20 Å². The van der Waals surface area contributed by atoms with Crippen LogP contribution in [-0.4, -0.2) is 22.5 Å². The van der Waals surface area contributed by atoms with Crippen molar-refractivity contribution >= 4 is 6.09 Å². The van der Waals surface area contributed by atoms with Gasteiger partial charge in [-0.15, -0.1) is 0 Å². The number of unbranched alkanes of at least 4 members (excludes halogenated alkanes) is 1. The number of hydrogen-bond donors (Lipinski definition) is 0. The van der Waals surface area contributed by atoms with E-state index in [9.17, 15) is 4.79 Å². The fourth-order valence-corrected chi connectivity index (χ4v) is 1.94. The molecule has 0 fully saturated rings. The van der Waals surface area contributed by atoms with Gasteiger partial charge in [0.15, 0.2) is 0 Å². The molecule has 0 saturated heterocycles. The van der Waals surface area contributed by atoms with Crippen molar-refractivity contribution in [3.63, 3.8) is 0 Å². The molecule has 0 saturated carbocycles. The van der Waals surface area contributed by atoms with Crippen LogP contribution in [0, 0.1) is 0 Å². The van der Waals surface area contributed by atoms with Crippen LogP contribution in [0.1, 0.15) is 43.9 Å². The van der Waals surface area contributed by atoms with Gasteiger partial charge in [-0.2, -0.15) is 9.78 Å². The lowest BCUT2D eigenvalue weighted by Crippen LogP contribution is -2.15. The lowest BCUT2D eigenvalue weighted by Gasteiger charge is -2.06. The van der Waals surface area contributed by atoms with E-state index in [1.807, 2.05) is 6.20 Å². The number of aromatic nitrogens is 2. The van der Waals surface area contributed by atoms with Crippen molar-refractivity contribution in [2.75, 3.05) is 6.61 Å². The van der Waals surface area contributed by atoms with Gasteiger partial charge in [0.2, 0.25) is 0 Å². The van der Waals surface area contributed by atoms with E-state index in [2.05, 4.69) is 12.0 Å². The first-order chi connectivity index (χ1) is 7.81. The first kappa shape index (κ1) is 11.2. The minimum absolute atomic E-state index is 0.345. The van der Waals surface area contributed by atoms with Crippen molar-refractivity contribution in [3.05, 3.63) is 17.5 Å². The Bertz CT molecular complexity index is 348. The third kappa shape index (κ3) is 2.43. The van der Waals surface area contributed by atoms with Crippen LogP contribution in [0.15, 0.2) is 6.20 Å². The summed E-state index contributed by atoms with van der Waals surface area (Å²) in [5.41, 5.74) is 2.28. The molecule has 1 aliphatic carbocycles. The Kier molecular flexibility index (Phi) is 3.59. The van der Waals surface area contributed by atoms with Crippen LogP contribution in [0.5, 0.6) is 0 Å². The van der Waals surface area contributed by atoms with Gasteiger partial charge in [-0.1, -0.05) is 13.3 Å². The fraction of sp³-hybridized carbons (Fsp3) is 0.667. The van der Waals surface area contributed by atoms with E-state index in [4.69, 9.17) is 4.74 Å². The first-order valence-corrected chi connectivity index (χ1v) is 6.06. The Morgan fingerprint density at radius 2 is 2.31 bits per heavy atom. The molecule has 1 aromatic rings. The maximum Gasteiger partial charge on any atom is 0.434 e. The SMILES string of the molecule is CCCCOC(=O)n1cc2c(n1)CCCC2. The number of carbonyl (C=O) groups excluding carboxylic acids is 1. The van der Waals surface area contributed by atoms with Crippen molar-refractivity contribution in [2.45, 2.75) is 45.4 Å². The number of nitrogens with zero attached hydrogens (tertiary/aromatic N) is 2. The fourth-order valence-electron chi connectivity index (χ4n) is 1.94. The summed E-state index contributed by atoms with van der Waals surface area (Å²) in [6.07, 6.45) is 7.82. The summed E-state index contributed by atoms with van der Waals surface area (Å²) in [6, 6.07) is 0. The van der Waals surface area contributed by atoms with E-state index < -0.39 is 0 Å². The number of rotatable bonds is 3. The minimum atomic E-state index is -0.345. The monoisotopic (exact) mass is 222 g/mol. The molecular formula is C12H18N2O2. The van der Waals surface area contributed by atoms with Crippen LogP contribution >= 0.6 is 0 Å². The van der Waals surface area contributed by atoms with E-state index >= 15 is 0 Å². The summed E-state index contributed by atoms with van der Waals surface area (Å²) in [5.74, 6) is 0. The first-order valence-electron chi connectivity index (χ1n) is 6.06.